The van der Waals surface area contributed by atoms with E-state index in [1.54, 1.807) is 56.6 Å². The van der Waals surface area contributed by atoms with Gasteiger partial charge in [0.2, 0.25) is 5.78 Å². The maximum Gasteiger partial charge on any atom is 0.344 e. The van der Waals surface area contributed by atoms with Gasteiger partial charge in [-0.1, -0.05) is 6.07 Å². The second kappa shape index (κ2) is 7.17. The summed E-state index contributed by atoms with van der Waals surface area (Å²) in [4.78, 5) is 27.9. The van der Waals surface area contributed by atoms with Crippen LogP contribution < -0.4 is 9.47 Å². The molecule has 2 heterocycles. The van der Waals surface area contributed by atoms with E-state index in [9.17, 15) is 9.59 Å². The lowest BCUT2D eigenvalue weighted by Gasteiger charge is -2.09. The van der Waals surface area contributed by atoms with Crippen LogP contribution in [-0.4, -0.2) is 29.4 Å². The van der Waals surface area contributed by atoms with E-state index in [0.29, 0.717) is 17.1 Å². The van der Waals surface area contributed by atoms with Crippen molar-refractivity contribution in [1.82, 2.24) is 4.98 Å². The fraction of sp³-hybridized carbons (Fsp3) is 0.211. The summed E-state index contributed by atoms with van der Waals surface area (Å²) in [7, 11) is 0. The monoisotopic (exact) mass is 339 g/mol. The highest BCUT2D eigenvalue weighted by Gasteiger charge is 2.27. The Bertz CT molecular complexity index is 827. The topological polar surface area (TPSA) is 74.7 Å². The average Bonchev–Trinajstić information content (AvgIpc) is 2.89. The van der Waals surface area contributed by atoms with Crippen molar-refractivity contribution in [1.29, 1.82) is 0 Å². The van der Waals surface area contributed by atoms with Crippen LogP contribution in [0.25, 0.3) is 6.08 Å². The minimum absolute atomic E-state index is 0.197. The van der Waals surface area contributed by atoms with E-state index in [1.807, 2.05) is 6.07 Å². The number of allylic oxidation sites excluding steroid dienone is 1. The van der Waals surface area contributed by atoms with E-state index in [-0.39, 0.29) is 24.3 Å². The van der Waals surface area contributed by atoms with Crippen molar-refractivity contribution in [3.63, 3.8) is 0 Å². The number of nitrogens with zero attached hydrogens (tertiary/aromatic N) is 1. The van der Waals surface area contributed by atoms with E-state index in [0.717, 1.165) is 5.56 Å². The molecule has 0 bridgehead atoms. The van der Waals surface area contributed by atoms with Crippen LogP contribution in [0.15, 0.2) is 48.5 Å². The molecule has 0 unspecified atom stereocenters. The number of Topliss-reactive ketones (excluding diaryl/α,β-unsaturated/α-hetero) is 1. The van der Waals surface area contributed by atoms with Crippen LogP contribution in [0.2, 0.25) is 0 Å². The lowest BCUT2D eigenvalue weighted by Crippen LogP contribution is -2.18. The average molecular weight is 339 g/mol. The fourth-order valence-corrected chi connectivity index (χ4v) is 2.31. The molecule has 0 saturated carbocycles. The van der Waals surface area contributed by atoms with Crippen molar-refractivity contribution >= 4 is 17.8 Å². The molecule has 128 valence electrons. The number of carbonyl (C=O) groups is 2. The van der Waals surface area contributed by atoms with Crippen LogP contribution in [-0.2, 0) is 9.53 Å². The molecule has 1 aliphatic rings. The summed E-state index contributed by atoms with van der Waals surface area (Å²) in [6.07, 6.45) is 4.73. The Labute approximate surface area is 145 Å². The van der Waals surface area contributed by atoms with Gasteiger partial charge < -0.3 is 14.2 Å². The predicted octanol–water partition coefficient (Wildman–Crippen LogP) is 3.03. The molecular formula is C19H17NO5. The fourth-order valence-electron chi connectivity index (χ4n) is 2.31. The second-order valence-corrected chi connectivity index (χ2v) is 5.71. The van der Waals surface area contributed by atoms with Gasteiger partial charge in [-0.25, -0.2) is 4.79 Å². The van der Waals surface area contributed by atoms with Crippen molar-refractivity contribution in [2.75, 3.05) is 6.61 Å². The number of benzene rings is 1. The van der Waals surface area contributed by atoms with Gasteiger partial charge in [-0.15, -0.1) is 0 Å². The van der Waals surface area contributed by atoms with Crippen molar-refractivity contribution in [2.45, 2.75) is 20.0 Å². The first-order valence-corrected chi connectivity index (χ1v) is 7.83. The summed E-state index contributed by atoms with van der Waals surface area (Å²) in [6.45, 7) is 3.33. The molecule has 0 atom stereocenters. The first kappa shape index (κ1) is 16.7. The minimum atomic E-state index is -0.454. The van der Waals surface area contributed by atoms with E-state index in [2.05, 4.69) is 4.98 Å². The van der Waals surface area contributed by atoms with E-state index >= 15 is 0 Å². The van der Waals surface area contributed by atoms with Gasteiger partial charge in [-0.2, -0.15) is 0 Å². The number of ether oxygens (including phenoxy) is 3. The lowest BCUT2D eigenvalue weighted by atomic mass is 10.1. The van der Waals surface area contributed by atoms with Gasteiger partial charge in [0.15, 0.2) is 12.4 Å². The van der Waals surface area contributed by atoms with Gasteiger partial charge in [0.25, 0.3) is 0 Å². The highest BCUT2D eigenvalue weighted by Crippen LogP contribution is 2.34. The largest absolute Gasteiger partial charge is 0.482 e. The van der Waals surface area contributed by atoms with Gasteiger partial charge in [-0.3, -0.25) is 9.78 Å². The number of ketones is 1. The molecule has 0 N–H and O–H groups in total. The number of hydrogen-bond donors (Lipinski definition) is 0. The number of carbonyl (C=O) groups excluding carboxylic acids is 2. The van der Waals surface area contributed by atoms with Crippen LogP contribution in [0.3, 0.4) is 0 Å². The first-order chi connectivity index (χ1) is 12.0. The standard InChI is InChI=1S/C19H17NO5/c1-12(2)24-18(21)11-23-14-5-6-15-16(9-14)25-17(19(15)22)8-13-4-3-7-20-10-13/h3-10,12H,11H2,1-2H3/b17-8-. The maximum absolute atomic E-state index is 12.4. The quantitative estimate of drug-likeness (QED) is 0.616. The molecule has 0 spiro atoms. The van der Waals surface area contributed by atoms with Crippen molar-refractivity contribution in [3.8, 4) is 11.5 Å². The molecule has 0 saturated heterocycles. The third-order valence-electron chi connectivity index (χ3n) is 3.35. The zero-order valence-electron chi connectivity index (χ0n) is 13.9. The molecule has 0 fully saturated rings. The van der Waals surface area contributed by atoms with Gasteiger partial charge in [0.1, 0.15) is 11.5 Å². The molecule has 1 aromatic heterocycles. The molecule has 2 aromatic rings. The second-order valence-electron chi connectivity index (χ2n) is 5.71. The summed E-state index contributed by atoms with van der Waals surface area (Å²) < 4.78 is 16.0. The number of fused-ring (bicyclic) bond motifs is 1. The SMILES string of the molecule is CC(C)OC(=O)COc1ccc2c(c1)O/C(=C\c1cccnc1)C2=O. The third-order valence-corrected chi connectivity index (χ3v) is 3.35. The normalized spacial score (nSPS) is 14.4. The summed E-state index contributed by atoms with van der Waals surface area (Å²) in [5.41, 5.74) is 1.22. The Hall–Kier alpha value is -3.15. The molecule has 3 rings (SSSR count). The smallest absolute Gasteiger partial charge is 0.344 e. The Morgan fingerprint density at radius 1 is 1.32 bits per heavy atom. The van der Waals surface area contributed by atoms with E-state index in [4.69, 9.17) is 14.2 Å². The number of esters is 1. The molecule has 1 aromatic carbocycles. The van der Waals surface area contributed by atoms with E-state index < -0.39 is 5.97 Å². The first-order valence-electron chi connectivity index (χ1n) is 7.83. The zero-order valence-corrected chi connectivity index (χ0v) is 13.9. The third kappa shape index (κ3) is 4.03. The lowest BCUT2D eigenvalue weighted by molar-refractivity contribution is -0.149. The molecule has 6 nitrogen and oxygen atoms in total. The maximum atomic E-state index is 12.4. The van der Waals surface area contributed by atoms with Crippen LogP contribution in [0.4, 0.5) is 0 Å². The number of aromatic nitrogens is 1. The Kier molecular flexibility index (Phi) is 4.79. The molecule has 0 amide bonds. The molecular weight excluding hydrogens is 322 g/mol. The van der Waals surface area contributed by atoms with Crippen molar-refractivity contribution < 1.29 is 23.8 Å². The molecule has 0 radical (unpaired) electrons. The molecule has 6 heteroatoms. The summed E-state index contributed by atoms with van der Waals surface area (Å²) in [6, 6.07) is 8.43. The Morgan fingerprint density at radius 3 is 2.88 bits per heavy atom. The Balaban J connectivity index is 1.71. The van der Waals surface area contributed by atoms with Crippen LogP contribution in [0.5, 0.6) is 11.5 Å². The number of pyridine rings is 1. The van der Waals surface area contributed by atoms with Gasteiger partial charge >= 0.3 is 5.97 Å². The summed E-state index contributed by atoms with van der Waals surface area (Å²) in [5, 5.41) is 0. The number of hydrogen-bond acceptors (Lipinski definition) is 6. The highest BCUT2D eigenvalue weighted by molar-refractivity contribution is 6.14. The summed E-state index contributed by atoms with van der Waals surface area (Å²) in [5.74, 6) is 0.387. The summed E-state index contributed by atoms with van der Waals surface area (Å²) >= 11 is 0. The van der Waals surface area contributed by atoms with Gasteiger partial charge in [-0.05, 0) is 43.7 Å². The molecule has 25 heavy (non-hydrogen) atoms. The minimum Gasteiger partial charge on any atom is -0.482 e. The van der Waals surface area contributed by atoms with Crippen LogP contribution in [0.1, 0.15) is 29.8 Å². The van der Waals surface area contributed by atoms with Gasteiger partial charge in [0.05, 0.1) is 11.7 Å². The van der Waals surface area contributed by atoms with E-state index in [1.165, 1.54) is 0 Å². The van der Waals surface area contributed by atoms with Crippen LogP contribution >= 0.6 is 0 Å². The van der Waals surface area contributed by atoms with Crippen molar-refractivity contribution in [3.05, 3.63) is 59.6 Å². The predicted molar refractivity (Wildman–Crippen MR) is 90.3 cm³/mol. The molecule has 0 aliphatic carbocycles. The number of rotatable bonds is 5. The van der Waals surface area contributed by atoms with Crippen LogP contribution in [0, 0.1) is 0 Å². The highest BCUT2D eigenvalue weighted by atomic mass is 16.6. The van der Waals surface area contributed by atoms with Gasteiger partial charge in [0, 0.05) is 18.5 Å². The zero-order chi connectivity index (χ0) is 17.8. The molecule has 1 aliphatic heterocycles. The Morgan fingerprint density at radius 2 is 2.16 bits per heavy atom. The van der Waals surface area contributed by atoms with Crippen molar-refractivity contribution in [2.24, 2.45) is 0 Å².